The summed E-state index contributed by atoms with van der Waals surface area (Å²) in [4.78, 5) is 0. The average Bonchev–Trinajstić information content (AvgIpc) is 3.15. The van der Waals surface area contributed by atoms with Gasteiger partial charge in [0.05, 0.1) is 10.3 Å². The van der Waals surface area contributed by atoms with Crippen LogP contribution in [0.4, 0.5) is 0 Å². The lowest BCUT2D eigenvalue weighted by Gasteiger charge is -2.29. The minimum atomic E-state index is -3.53. The van der Waals surface area contributed by atoms with Crippen LogP contribution in [-0.2, 0) is 16.4 Å². The van der Waals surface area contributed by atoms with Gasteiger partial charge in [0.25, 0.3) is 10.0 Å². The first-order valence-corrected chi connectivity index (χ1v) is 10.9. The molecule has 0 aliphatic carbocycles. The van der Waals surface area contributed by atoms with Gasteiger partial charge in [-0.05, 0) is 30.4 Å². The zero-order valence-corrected chi connectivity index (χ0v) is 16.9. The fraction of sp³-hybridized carbons (Fsp3) is 0.625. The van der Waals surface area contributed by atoms with Gasteiger partial charge in [0.1, 0.15) is 4.21 Å². The van der Waals surface area contributed by atoms with E-state index in [-0.39, 0.29) is 15.5 Å². The predicted molar refractivity (Wildman–Crippen MR) is 97.5 cm³/mol. The van der Waals surface area contributed by atoms with Crippen molar-refractivity contribution >= 4 is 33.0 Å². The van der Waals surface area contributed by atoms with E-state index in [0.29, 0.717) is 35.6 Å². The molecule has 0 saturated carbocycles. The highest BCUT2D eigenvalue weighted by atomic mass is 35.5. The smallest absolute Gasteiger partial charge is 0.252 e. The Hall–Kier alpha value is -0.960. The Morgan fingerprint density at radius 2 is 2.12 bits per heavy atom. The fourth-order valence-electron chi connectivity index (χ4n) is 2.88. The van der Waals surface area contributed by atoms with E-state index >= 15 is 0 Å². The number of halogens is 1. The van der Waals surface area contributed by atoms with Crippen molar-refractivity contribution in [1.29, 1.82) is 0 Å². The lowest BCUT2D eigenvalue weighted by Crippen LogP contribution is -2.38. The predicted octanol–water partition coefficient (Wildman–Crippen LogP) is 3.94. The second-order valence-corrected chi connectivity index (χ2v) is 11.4. The maximum Gasteiger partial charge on any atom is 0.252 e. The van der Waals surface area contributed by atoms with Gasteiger partial charge in [-0.2, -0.15) is 4.31 Å². The molecule has 138 valence electrons. The summed E-state index contributed by atoms with van der Waals surface area (Å²) in [7, 11) is -3.53. The standard InChI is InChI=1S/C16H22ClN3O3S2/c1-16(2,3)9-13-18-19-15(23-13)11-5-4-8-20(10-11)25(21,22)14-7-6-12(17)24-14/h6-7,11H,4-5,8-10H2,1-3H3. The molecule has 9 heteroatoms. The SMILES string of the molecule is CC(C)(C)Cc1nnc(C2CCCN(S(=O)(=O)c3ccc(Cl)s3)C2)o1. The van der Waals surface area contributed by atoms with Gasteiger partial charge in [-0.1, -0.05) is 32.4 Å². The van der Waals surface area contributed by atoms with Crippen molar-refractivity contribution in [2.24, 2.45) is 5.41 Å². The molecule has 1 saturated heterocycles. The van der Waals surface area contributed by atoms with Gasteiger partial charge in [0.2, 0.25) is 11.8 Å². The number of hydrogen-bond acceptors (Lipinski definition) is 6. The van der Waals surface area contributed by atoms with E-state index in [2.05, 4.69) is 31.0 Å². The van der Waals surface area contributed by atoms with Crippen molar-refractivity contribution in [3.63, 3.8) is 0 Å². The van der Waals surface area contributed by atoms with E-state index in [9.17, 15) is 8.42 Å². The van der Waals surface area contributed by atoms with E-state index in [4.69, 9.17) is 16.0 Å². The van der Waals surface area contributed by atoms with Crippen molar-refractivity contribution in [2.75, 3.05) is 13.1 Å². The lowest BCUT2D eigenvalue weighted by atomic mass is 9.92. The summed E-state index contributed by atoms with van der Waals surface area (Å²) in [6.45, 7) is 7.18. The molecule has 0 radical (unpaired) electrons. The van der Waals surface area contributed by atoms with Crippen LogP contribution in [0.15, 0.2) is 20.8 Å². The van der Waals surface area contributed by atoms with Crippen LogP contribution < -0.4 is 0 Å². The highest BCUT2D eigenvalue weighted by Crippen LogP contribution is 2.33. The third kappa shape index (κ3) is 4.42. The molecule has 0 spiro atoms. The topological polar surface area (TPSA) is 76.3 Å². The van der Waals surface area contributed by atoms with E-state index in [1.165, 1.54) is 4.31 Å². The molecule has 0 N–H and O–H groups in total. The van der Waals surface area contributed by atoms with Gasteiger partial charge >= 0.3 is 0 Å². The van der Waals surface area contributed by atoms with Crippen LogP contribution in [0.2, 0.25) is 4.34 Å². The van der Waals surface area contributed by atoms with Crippen LogP contribution >= 0.6 is 22.9 Å². The summed E-state index contributed by atoms with van der Waals surface area (Å²) in [5.74, 6) is 1.07. The Morgan fingerprint density at radius 3 is 2.76 bits per heavy atom. The van der Waals surface area contributed by atoms with E-state index < -0.39 is 10.0 Å². The van der Waals surface area contributed by atoms with Crippen molar-refractivity contribution in [2.45, 2.75) is 50.2 Å². The first-order chi connectivity index (χ1) is 11.6. The highest BCUT2D eigenvalue weighted by molar-refractivity contribution is 7.91. The molecule has 1 aliphatic rings. The molecule has 0 bridgehead atoms. The summed E-state index contributed by atoms with van der Waals surface area (Å²) in [6, 6.07) is 3.16. The molecule has 1 unspecified atom stereocenters. The highest BCUT2D eigenvalue weighted by Gasteiger charge is 2.34. The largest absolute Gasteiger partial charge is 0.425 e. The first kappa shape index (κ1) is 18.8. The molecule has 25 heavy (non-hydrogen) atoms. The quantitative estimate of drug-likeness (QED) is 0.772. The second-order valence-electron chi connectivity index (χ2n) is 7.53. The fourth-order valence-corrected chi connectivity index (χ4v) is 6.04. The van der Waals surface area contributed by atoms with Gasteiger partial charge in [0.15, 0.2) is 0 Å². The van der Waals surface area contributed by atoms with Crippen molar-refractivity contribution < 1.29 is 12.8 Å². The van der Waals surface area contributed by atoms with Crippen LogP contribution in [-0.4, -0.2) is 36.0 Å². The summed E-state index contributed by atoms with van der Waals surface area (Å²) in [5.41, 5.74) is 0.0597. The number of sulfonamides is 1. The summed E-state index contributed by atoms with van der Waals surface area (Å²) in [5, 5.41) is 8.29. The zero-order chi connectivity index (χ0) is 18.2. The lowest BCUT2D eigenvalue weighted by molar-refractivity contribution is 0.274. The monoisotopic (exact) mass is 403 g/mol. The normalized spacial score (nSPS) is 20.1. The summed E-state index contributed by atoms with van der Waals surface area (Å²) < 4.78 is 33.6. The van der Waals surface area contributed by atoms with Gasteiger partial charge < -0.3 is 4.42 Å². The third-order valence-electron chi connectivity index (χ3n) is 4.04. The molecule has 3 rings (SSSR count). The van der Waals surface area contributed by atoms with Crippen LogP contribution in [0.5, 0.6) is 0 Å². The van der Waals surface area contributed by atoms with E-state index in [1.54, 1.807) is 12.1 Å². The summed E-state index contributed by atoms with van der Waals surface area (Å²) >= 11 is 6.97. The van der Waals surface area contributed by atoms with Crippen molar-refractivity contribution in [3.8, 4) is 0 Å². The first-order valence-electron chi connectivity index (χ1n) is 8.23. The van der Waals surface area contributed by atoms with Crippen LogP contribution in [0.3, 0.4) is 0 Å². The molecule has 1 fully saturated rings. The minimum absolute atomic E-state index is 0.0597. The minimum Gasteiger partial charge on any atom is -0.425 e. The van der Waals surface area contributed by atoms with Crippen LogP contribution in [0.25, 0.3) is 0 Å². The van der Waals surface area contributed by atoms with E-state index in [1.807, 2.05) is 0 Å². The molecule has 0 amide bonds. The zero-order valence-electron chi connectivity index (χ0n) is 14.5. The number of rotatable bonds is 4. The maximum absolute atomic E-state index is 12.8. The van der Waals surface area contributed by atoms with Crippen molar-refractivity contribution in [3.05, 3.63) is 28.3 Å². The van der Waals surface area contributed by atoms with Crippen LogP contribution in [0, 0.1) is 5.41 Å². The Kier molecular flexibility index (Phi) is 5.26. The number of aromatic nitrogens is 2. The van der Waals surface area contributed by atoms with Gasteiger partial charge in [-0.3, -0.25) is 0 Å². The Labute approximate surface area is 157 Å². The summed E-state index contributed by atoms with van der Waals surface area (Å²) in [6.07, 6.45) is 2.30. The number of nitrogens with zero attached hydrogens (tertiary/aromatic N) is 3. The van der Waals surface area contributed by atoms with E-state index in [0.717, 1.165) is 24.2 Å². The third-order valence-corrected chi connectivity index (χ3v) is 7.60. The number of piperidine rings is 1. The Balaban J connectivity index is 1.75. The molecular formula is C16H22ClN3O3S2. The molecule has 2 aromatic heterocycles. The molecule has 2 aromatic rings. The molecular weight excluding hydrogens is 382 g/mol. The molecule has 0 aromatic carbocycles. The molecule has 1 atom stereocenters. The maximum atomic E-state index is 12.8. The van der Waals surface area contributed by atoms with Crippen molar-refractivity contribution in [1.82, 2.24) is 14.5 Å². The van der Waals surface area contributed by atoms with Crippen LogP contribution in [0.1, 0.15) is 51.3 Å². The Morgan fingerprint density at radius 1 is 1.36 bits per heavy atom. The average molecular weight is 404 g/mol. The number of thiophene rings is 1. The second kappa shape index (κ2) is 6.98. The number of hydrogen-bond donors (Lipinski definition) is 0. The van der Waals surface area contributed by atoms with Gasteiger partial charge in [-0.25, -0.2) is 8.42 Å². The Bertz CT molecular complexity index is 839. The molecule has 1 aliphatic heterocycles. The molecule has 3 heterocycles. The van der Waals surface area contributed by atoms with Gasteiger partial charge in [-0.15, -0.1) is 21.5 Å². The molecule has 6 nitrogen and oxygen atoms in total. The van der Waals surface area contributed by atoms with Gasteiger partial charge in [0, 0.05) is 19.5 Å².